The Balaban J connectivity index is 2.20. The maximum atomic E-state index is 12.7. The Labute approximate surface area is 130 Å². The fourth-order valence-electron chi connectivity index (χ4n) is 2.56. The molecule has 2 nitrogen and oxygen atoms in total. The van der Waals surface area contributed by atoms with Crippen LogP contribution in [0.3, 0.4) is 0 Å². The summed E-state index contributed by atoms with van der Waals surface area (Å²) in [6, 6.07) is 6.13. The first-order valence-corrected chi connectivity index (χ1v) is 9.14. The van der Waals surface area contributed by atoms with Crippen molar-refractivity contribution >= 4 is 45.1 Å². The van der Waals surface area contributed by atoms with Crippen LogP contribution in [0.5, 0.6) is 0 Å². The van der Waals surface area contributed by atoms with Crippen LogP contribution in [0.25, 0.3) is 0 Å². The molecule has 1 aromatic heterocycles. The Morgan fingerprint density at radius 2 is 2.10 bits per heavy atom. The topological polar surface area (TPSA) is 20.3 Å². The molecular formula is C15H16ClNOS2. The van der Waals surface area contributed by atoms with Crippen LogP contribution in [-0.2, 0) is 10.8 Å². The van der Waals surface area contributed by atoms with Crippen LogP contribution in [0.1, 0.15) is 17.5 Å². The first kappa shape index (κ1) is 14.1. The molecule has 0 amide bonds. The van der Waals surface area contributed by atoms with Crippen molar-refractivity contribution < 1.29 is 4.21 Å². The molecule has 0 N–H and O–H groups in total. The molecule has 2 aromatic rings. The van der Waals surface area contributed by atoms with Crippen molar-refractivity contribution in [1.29, 1.82) is 0 Å². The van der Waals surface area contributed by atoms with Gasteiger partial charge in [0, 0.05) is 12.4 Å². The Morgan fingerprint density at radius 1 is 1.30 bits per heavy atom. The van der Waals surface area contributed by atoms with Gasteiger partial charge in [-0.2, -0.15) is 0 Å². The second-order valence-electron chi connectivity index (χ2n) is 4.91. The van der Waals surface area contributed by atoms with Gasteiger partial charge in [0.05, 0.1) is 27.1 Å². The molecule has 0 bridgehead atoms. The van der Waals surface area contributed by atoms with E-state index in [1.807, 2.05) is 11.4 Å². The zero-order valence-corrected chi connectivity index (χ0v) is 13.9. The summed E-state index contributed by atoms with van der Waals surface area (Å²) in [7, 11) is -1.06. The quantitative estimate of drug-likeness (QED) is 0.768. The third kappa shape index (κ3) is 2.10. The van der Waals surface area contributed by atoms with Gasteiger partial charge >= 0.3 is 0 Å². The second kappa shape index (κ2) is 5.51. The normalized spacial score (nSPS) is 16.9. The highest BCUT2D eigenvalue weighted by atomic mass is 35.5. The van der Waals surface area contributed by atoms with Gasteiger partial charge in [0.25, 0.3) is 0 Å². The van der Waals surface area contributed by atoms with Crippen LogP contribution < -0.4 is 4.90 Å². The van der Waals surface area contributed by atoms with Gasteiger partial charge < -0.3 is 4.90 Å². The van der Waals surface area contributed by atoms with Crippen molar-refractivity contribution in [3.8, 4) is 0 Å². The maximum absolute atomic E-state index is 12.7. The number of hydrogen-bond acceptors (Lipinski definition) is 3. The molecule has 1 aromatic carbocycles. The molecule has 0 aliphatic carbocycles. The molecule has 1 aliphatic heterocycles. The lowest BCUT2D eigenvalue weighted by atomic mass is 10.1. The summed E-state index contributed by atoms with van der Waals surface area (Å²) in [5, 5.41) is 2.02. The van der Waals surface area contributed by atoms with Crippen LogP contribution in [0.4, 0.5) is 11.4 Å². The van der Waals surface area contributed by atoms with Gasteiger partial charge in [-0.25, -0.2) is 4.21 Å². The monoisotopic (exact) mass is 325 g/mol. The lowest BCUT2D eigenvalue weighted by Crippen LogP contribution is -2.25. The first-order valence-electron chi connectivity index (χ1n) is 6.58. The highest BCUT2D eigenvalue weighted by Gasteiger charge is 2.30. The number of alkyl halides is 1. The number of anilines is 2. The molecule has 0 radical (unpaired) electrons. The third-order valence-corrected chi connectivity index (χ3v) is 6.70. The number of halogens is 1. The van der Waals surface area contributed by atoms with Crippen LogP contribution in [0.15, 0.2) is 32.7 Å². The van der Waals surface area contributed by atoms with E-state index >= 15 is 0 Å². The summed E-state index contributed by atoms with van der Waals surface area (Å²) >= 11 is 7.43. The smallest absolute Gasteiger partial charge is 0.120 e. The summed E-state index contributed by atoms with van der Waals surface area (Å²) in [4.78, 5) is 3.21. The van der Waals surface area contributed by atoms with Crippen molar-refractivity contribution in [1.82, 2.24) is 0 Å². The minimum absolute atomic E-state index is 0.638. The number of thiophene rings is 1. The Kier molecular flexibility index (Phi) is 3.89. The highest BCUT2D eigenvalue weighted by Crippen LogP contribution is 2.46. The van der Waals surface area contributed by atoms with Gasteiger partial charge in [-0.3, -0.25) is 0 Å². The van der Waals surface area contributed by atoms with Gasteiger partial charge in [-0.15, -0.1) is 22.9 Å². The van der Waals surface area contributed by atoms with Gasteiger partial charge in [-0.05, 0) is 48.9 Å². The van der Waals surface area contributed by atoms with E-state index < -0.39 is 10.8 Å². The first-order chi connectivity index (χ1) is 9.65. The van der Waals surface area contributed by atoms with Gasteiger partial charge in [-0.1, -0.05) is 6.07 Å². The number of aryl methyl sites for hydroxylation is 1. The van der Waals surface area contributed by atoms with Gasteiger partial charge in [0.15, 0.2) is 0 Å². The number of benzene rings is 1. The van der Waals surface area contributed by atoms with Crippen molar-refractivity contribution in [2.75, 3.05) is 17.3 Å². The Bertz CT molecular complexity index is 681. The van der Waals surface area contributed by atoms with E-state index in [1.165, 1.54) is 11.1 Å². The average molecular weight is 326 g/mol. The number of fused-ring (bicyclic) bond motifs is 2. The summed E-state index contributed by atoms with van der Waals surface area (Å²) in [6.45, 7) is 5.07. The standard InChI is InChI=1S/C15H16ClNOS2/c1-10-4-5-13-14(11(10)2)17(8-3-7-16)12-6-9-19-15(12)20(13)18/h4-6,9H,3,7-8H2,1-2H3. The van der Waals surface area contributed by atoms with Crippen molar-refractivity contribution in [2.24, 2.45) is 0 Å². The van der Waals surface area contributed by atoms with Gasteiger partial charge in [0.2, 0.25) is 0 Å². The summed E-state index contributed by atoms with van der Waals surface area (Å²) < 4.78 is 13.7. The summed E-state index contributed by atoms with van der Waals surface area (Å²) in [5.41, 5.74) is 4.64. The predicted octanol–water partition coefficient (Wildman–Crippen LogP) is 4.61. The van der Waals surface area contributed by atoms with E-state index in [9.17, 15) is 4.21 Å². The molecule has 1 unspecified atom stereocenters. The summed E-state index contributed by atoms with van der Waals surface area (Å²) in [5.74, 6) is 0.638. The van der Waals surface area contributed by atoms with E-state index in [4.69, 9.17) is 11.6 Å². The second-order valence-corrected chi connectivity index (χ2v) is 7.85. The Morgan fingerprint density at radius 3 is 2.85 bits per heavy atom. The van der Waals surface area contributed by atoms with E-state index in [2.05, 4.69) is 30.9 Å². The minimum atomic E-state index is -1.06. The number of nitrogens with zero attached hydrogens (tertiary/aromatic N) is 1. The fourth-order valence-corrected chi connectivity index (χ4v) is 5.28. The molecule has 3 rings (SSSR count). The lowest BCUT2D eigenvalue weighted by molar-refractivity contribution is 0.682. The molecule has 5 heteroatoms. The van der Waals surface area contributed by atoms with E-state index in [0.29, 0.717) is 5.88 Å². The highest BCUT2D eigenvalue weighted by molar-refractivity contribution is 7.87. The van der Waals surface area contributed by atoms with Crippen molar-refractivity contribution in [3.05, 3.63) is 34.7 Å². The molecule has 1 aliphatic rings. The van der Waals surface area contributed by atoms with Crippen LogP contribution in [0, 0.1) is 13.8 Å². The zero-order valence-electron chi connectivity index (χ0n) is 11.5. The SMILES string of the molecule is Cc1ccc2c(c1C)N(CCCCl)c1ccsc1S2=O. The van der Waals surface area contributed by atoms with E-state index in [-0.39, 0.29) is 0 Å². The molecule has 2 heterocycles. The largest absolute Gasteiger partial charge is 0.339 e. The predicted molar refractivity (Wildman–Crippen MR) is 87.3 cm³/mol. The van der Waals surface area contributed by atoms with Crippen molar-refractivity contribution in [2.45, 2.75) is 29.4 Å². The molecular weight excluding hydrogens is 310 g/mol. The maximum Gasteiger partial charge on any atom is 0.120 e. The van der Waals surface area contributed by atoms with Crippen LogP contribution in [-0.4, -0.2) is 16.6 Å². The molecule has 0 spiro atoms. The minimum Gasteiger partial charge on any atom is -0.339 e. The molecule has 0 fully saturated rings. The fraction of sp³-hybridized carbons (Fsp3) is 0.333. The molecule has 0 saturated carbocycles. The molecule has 106 valence electrons. The Hall–Kier alpha value is -0.840. The summed E-state index contributed by atoms with van der Waals surface area (Å²) in [6.07, 6.45) is 0.913. The van der Waals surface area contributed by atoms with E-state index in [0.717, 1.165) is 33.4 Å². The van der Waals surface area contributed by atoms with Crippen LogP contribution in [0.2, 0.25) is 0 Å². The lowest BCUT2D eigenvalue weighted by Gasteiger charge is -2.32. The zero-order chi connectivity index (χ0) is 14.3. The third-order valence-electron chi connectivity index (χ3n) is 3.72. The van der Waals surface area contributed by atoms with E-state index in [1.54, 1.807) is 11.3 Å². The molecule has 1 atom stereocenters. The van der Waals surface area contributed by atoms with Gasteiger partial charge in [0.1, 0.15) is 4.21 Å². The van der Waals surface area contributed by atoms with Crippen LogP contribution >= 0.6 is 22.9 Å². The average Bonchev–Trinajstić information content (AvgIpc) is 2.92. The molecule has 20 heavy (non-hydrogen) atoms. The molecule has 0 saturated heterocycles. The number of hydrogen-bond donors (Lipinski definition) is 0. The number of rotatable bonds is 3. The van der Waals surface area contributed by atoms with Crippen molar-refractivity contribution in [3.63, 3.8) is 0 Å².